The normalized spacial score (nSPS) is 12.6. The lowest BCUT2D eigenvalue weighted by Gasteiger charge is -2.25. The number of aromatic nitrogens is 1. The van der Waals surface area contributed by atoms with Crippen LogP contribution in [0.25, 0.3) is 10.9 Å². The van der Waals surface area contributed by atoms with Crippen molar-refractivity contribution in [3.63, 3.8) is 0 Å². The van der Waals surface area contributed by atoms with Crippen LogP contribution in [0.2, 0.25) is 5.02 Å². The highest BCUT2D eigenvalue weighted by molar-refractivity contribution is 6.33. The summed E-state index contributed by atoms with van der Waals surface area (Å²) in [6.45, 7) is 9.49. The Morgan fingerprint density at radius 2 is 1.85 bits per heavy atom. The van der Waals surface area contributed by atoms with Crippen LogP contribution in [0.15, 0.2) is 72.9 Å². The molecule has 1 atom stereocenters. The standard InChI is InChI=1S/C31H36ClN3O4/c1-21-18-35(30(37)39-31(2,3)4)28-17-24(11-12-25(21)28)38-15-14-34(19-22-8-6-5-7-9-22)20-29(36)23-10-13-26(32)27(33)16-23/h5-13,16-18,29,36H,14-15,19-20,33H2,1-4H3/t29-/m0/s1. The molecule has 0 bridgehead atoms. The molecule has 0 radical (unpaired) electrons. The Morgan fingerprint density at radius 3 is 2.54 bits per heavy atom. The summed E-state index contributed by atoms with van der Waals surface area (Å²) < 4.78 is 13.2. The van der Waals surface area contributed by atoms with Crippen LogP contribution in [0.3, 0.4) is 0 Å². The Kier molecular flexibility index (Phi) is 8.85. The van der Waals surface area contributed by atoms with E-state index < -0.39 is 17.8 Å². The number of nitrogen functional groups attached to an aromatic ring is 1. The van der Waals surface area contributed by atoms with Crippen molar-refractivity contribution < 1.29 is 19.4 Å². The zero-order valence-electron chi connectivity index (χ0n) is 22.9. The topological polar surface area (TPSA) is 90.0 Å². The highest BCUT2D eigenvalue weighted by Gasteiger charge is 2.21. The number of anilines is 1. The van der Waals surface area contributed by atoms with Gasteiger partial charge in [0.25, 0.3) is 0 Å². The zero-order chi connectivity index (χ0) is 28.2. The number of hydrogen-bond donors (Lipinski definition) is 2. The molecule has 0 spiro atoms. The van der Waals surface area contributed by atoms with Crippen molar-refractivity contribution in [1.29, 1.82) is 0 Å². The molecule has 1 heterocycles. The van der Waals surface area contributed by atoms with Gasteiger partial charge in [-0.05, 0) is 68.7 Å². The summed E-state index contributed by atoms with van der Waals surface area (Å²) in [6, 6.07) is 21.0. The van der Waals surface area contributed by atoms with Crippen LogP contribution in [0.4, 0.5) is 10.5 Å². The number of carbonyl (C=O) groups is 1. The lowest BCUT2D eigenvalue weighted by molar-refractivity contribution is 0.0544. The molecular weight excluding hydrogens is 514 g/mol. The molecule has 0 amide bonds. The number of rotatable bonds is 9. The maximum absolute atomic E-state index is 12.8. The lowest BCUT2D eigenvalue weighted by atomic mass is 10.1. The second-order valence-electron chi connectivity index (χ2n) is 10.7. The van der Waals surface area contributed by atoms with Gasteiger partial charge < -0.3 is 20.3 Å². The van der Waals surface area contributed by atoms with E-state index in [-0.39, 0.29) is 0 Å². The molecule has 0 saturated carbocycles. The van der Waals surface area contributed by atoms with Crippen molar-refractivity contribution in [2.75, 3.05) is 25.4 Å². The van der Waals surface area contributed by atoms with E-state index in [9.17, 15) is 9.90 Å². The van der Waals surface area contributed by atoms with E-state index >= 15 is 0 Å². The van der Waals surface area contributed by atoms with Gasteiger partial charge in [0.15, 0.2) is 0 Å². The molecule has 206 valence electrons. The second-order valence-corrected chi connectivity index (χ2v) is 11.1. The van der Waals surface area contributed by atoms with Crippen LogP contribution in [-0.4, -0.2) is 46.0 Å². The molecule has 1 aromatic heterocycles. The van der Waals surface area contributed by atoms with E-state index in [4.69, 9.17) is 26.8 Å². The number of carbonyl (C=O) groups excluding carboxylic acids is 1. The van der Waals surface area contributed by atoms with Crippen LogP contribution in [0.5, 0.6) is 5.75 Å². The molecular formula is C31H36ClN3O4. The summed E-state index contributed by atoms with van der Waals surface area (Å²) in [5, 5.41) is 12.4. The first-order chi connectivity index (χ1) is 18.5. The van der Waals surface area contributed by atoms with E-state index in [0.29, 0.717) is 48.3 Å². The number of fused-ring (bicyclic) bond motifs is 1. The summed E-state index contributed by atoms with van der Waals surface area (Å²) >= 11 is 6.06. The van der Waals surface area contributed by atoms with Crippen molar-refractivity contribution >= 4 is 34.3 Å². The number of benzene rings is 3. The molecule has 0 aliphatic heterocycles. The highest BCUT2D eigenvalue weighted by Crippen LogP contribution is 2.27. The molecule has 0 saturated heterocycles. The van der Waals surface area contributed by atoms with E-state index in [1.807, 2.05) is 64.1 Å². The van der Waals surface area contributed by atoms with Gasteiger partial charge in [0.05, 0.1) is 22.3 Å². The summed E-state index contributed by atoms with van der Waals surface area (Å²) in [7, 11) is 0. The van der Waals surface area contributed by atoms with E-state index in [1.54, 1.807) is 24.4 Å². The fraction of sp³-hybridized carbons (Fsp3) is 0.323. The van der Waals surface area contributed by atoms with Gasteiger partial charge in [0.1, 0.15) is 18.0 Å². The maximum atomic E-state index is 12.8. The third kappa shape index (κ3) is 7.53. The molecule has 8 heteroatoms. The summed E-state index contributed by atoms with van der Waals surface area (Å²) in [4.78, 5) is 14.9. The molecule has 0 fully saturated rings. The van der Waals surface area contributed by atoms with Gasteiger partial charge in [-0.2, -0.15) is 0 Å². The maximum Gasteiger partial charge on any atom is 0.419 e. The highest BCUT2D eigenvalue weighted by atomic mass is 35.5. The van der Waals surface area contributed by atoms with Crippen LogP contribution in [-0.2, 0) is 11.3 Å². The summed E-state index contributed by atoms with van der Waals surface area (Å²) in [5.74, 6) is 0.649. The minimum atomic E-state index is -0.746. The van der Waals surface area contributed by atoms with Crippen molar-refractivity contribution in [1.82, 2.24) is 9.47 Å². The van der Waals surface area contributed by atoms with Crippen molar-refractivity contribution in [3.8, 4) is 5.75 Å². The Morgan fingerprint density at radius 1 is 1.10 bits per heavy atom. The zero-order valence-corrected chi connectivity index (χ0v) is 23.6. The number of aliphatic hydroxyl groups is 1. The van der Waals surface area contributed by atoms with Crippen LogP contribution >= 0.6 is 11.6 Å². The quantitative estimate of drug-likeness (QED) is 0.229. The first-order valence-corrected chi connectivity index (χ1v) is 13.3. The number of aryl methyl sites for hydroxylation is 1. The molecule has 39 heavy (non-hydrogen) atoms. The number of nitrogens with zero attached hydrogens (tertiary/aromatic N) is 2. The first-order valence-electron chi connectivity index (χ1n) is 13.0. The van der Waals surface area contributed by atoms with Gasteiger partial charge in [0, 0.05) is 37.3 Å². The van der Waals surface area contributed by atoms with Crippen molar-refractivity contribution in [2.45, 2.75) is 45.9 Å². The molecule has 4 rings (SSSR count). The second kappa shape index (κ2) is 12.1. The monoisotopic (exact) mass is 549 g/mol. The minimum absolute atomic E-state index is 0.388. The predicted molar refractivity (Wildman–Crippen MR) is 156 cm³/mol. The number of halogens is 1. The summed E-state index contributed by atoms with van der Waals surface area (Å²) in [5.41, 5.74) is 9.34. The van der Waals surface area contributed by atoms with E-state index in [2.05, 4.69) is 17.0 Å². The van der Waals surface area contributed by atoms with Crippen molar-refractivity contribution in [2.24, 2.45) is 0 Å². The third-order valence-electron chi connectivity index (χ3n) is 6.33. The molecule has 0 unspecified atom stereocenters. The third-order valence-corrected chi connectivity index (χ3v) is 6.67. The predicted octanol–water partition coefficient (Wildman–Crippen LogP) is 6.58. The average Bonchev–Trinajstić information content (AvgIpc) is 3.21. The van der Waals surface area contributed by atoms with Crippen LogP contribution < -0.4 is 10.5 Å². The minimum Gasteiger partial charge on any atom is -0.492 e. The number of ether oxygens (including phenoxy) is 2. The fourth-order valence-corrected chi connectivity index (χ4v) is 4.54. The number of aliphatic hydroxyl groups excluding tert-OH is 1. The van der Waals surface area contributed by atoms with Gasteiger partial charge in [-0.25, -0.2) is 4.79 Å². The van der Waals surface area contributed by atoms with E-state index in [1.165, 1.54) is 4.57 Å². The Balaban J connectivity index is 1.47. The smallest absolute Gasteiger partial charge is 0.419 e. The van der Waals surface area contributed by atoms with Crippen molar-refractivity contribution in [3.05, 3.63) is 94.6 Å². The first kappa shape index (κ1) is 28.5. The largest absolute Gasteiger partial charge is 0.492 e. The van der Waals surface area contributed by atoms with Crippen LogP contribution in [0, 0.1) is 6.92 Å². The SMILES string of the molecule is Cc1cn(C(=O)OC(C)(C)C)c2cc(OCCN(Cc3ccccc3)C[C@H](O)c3ccc(Cl)c(N)c3)ccc12. The van der Waals surface area contributed by atoms with Gasteiger partial charge >= 0.3 is 6.09 Å². The average molecular weight is 550 g/mol. The molecule has 4 aromatic rings. The molecule has 3 N–H and O–H groups in total. The fourth-order valence-electron chi connectivity index (χ4n) is 4.42. The number of hydrogen-bond acceptors (Lipinski definition) is 6. The van der Waals surface area contributed by atoms with Gasteiger partial charge in [-0.1, -0.05) is 48.0 Å². The molecule has 7 nitrogen and oxygen atoms in total. The Bertz CT molecular complexity index is 1430. The Hall–Kier alpha value is -3.52. The Labute approximate surface area is 234 Å². The molecule has 0 aliphatic rings. The molecule has 0 aliphatic carbocycles. The number of nitrogens with two attached hydrogens (primary N) is 1. The lowest BCUT2D eigenvalue weighted by Crippen LogP contribution is -2.32. The molecule has 3 aromatic carbocycles. The van der Waals surface area contributed by atoms with Crippen LogP contribution in [0.1, 0.15) is 43.6 Å². The van der Waals surface area contributed by atoms with E-state index in [0.717, 1.165) is 22.0 Å². The summed E-state index contributed by atoms with van der Waals surface area (Å²) in [6.07, 6.45) is 0.614. The van der Waals surface area contributed by atoms with Gasteiger partial charge in [-0.3, -0.25) is 9.47 Å². The van der Waals surface area contributed by atoms with Gasteiger partial charge in [-0.15, -0.1) is 0 Å². The van der Waals surface area contributed by atoms with Gasteiger partial charge in [0.2, 0.25) is 0 Å².